The van der Waals surface area contributed by atoms with Crippen LogP contribution in [0.25, 0.3) is 0 Å². The van der Waals surface area contributed by atoms with E-state index in [1.165, 1.54) is 0 Å². The van der Waals surface area contributed by atoms with Crippen molar-refractivity contribution in [3.05, 3.63) is 0 Å². The lowest BCUT2D eigenvalue weighted by atomic mass is 10.0. The zero-order valence-electron chi connectivity index (χ0n) is 9.92. The van der Waals surface area contributed by atoms with Gasteiger partial charge >= 0.3 is 6.09 Å². The van der Waals surface area contributed by atoms with Crippen molar-refractivity contribution in [2.75, 3.05) is 13.1 Å². The van der Waals surface area contributed by atoms with Crippen LogP contribution in [0.1, 0.15) is 34.1 Å². The van der Waals surface area contributed by atoms with Crippen LogP contribution in [-0.4, -0.2) is 34.5 Å². The van der Waals surface area contributed by atoms with E-state index >= 15 is 0 Å². The van der Waals surface area contributed by atoms with Crippen LogP contribution in [0.5, 0.6) is 0 Å². The molecule has 1 rings (SSSR count). The molecule has 4 heteroatoms. The highest BCUT2D eigenvalue weighted by Crippen LogP contribution is 2.24. The van der Waals surface area contributed by atoms with Gasteiger partial charge in [0.2, 0.25) is 0 Å². The Bertz CT molecular complexity index is 237. The summed E-state index contributed by atoms with van der Waals surface area (Å²) in [4.78, 5) is 14.1. The fraction of sp³-hybridized carbons (Fsp3) is 0.909. The van der Waals surface area contributed by atoms with Gasteiger partial charge in [0.25, 0.3) is 0 Å². The molecule has 88 valence electrons. The Labute approximate surface area is 100 Å². The van der Waals surface area contributed by atoms with Crippen LogP contribution < -0.4 is 0 Å². The fourth-order valence-corrected chi connectivity index (χ4v) is 1.98. The Morgan fingerprint density at radius 1 is 1.47 bits per heavy atom. The molecule has 0 radical (unpaired) electrons. The summed E-state index contributed by atoms with van der Waals surface area (Å²) >= 11 is 3.61. The first kappa shape index (κ1) is 12.8. The van der Waals surface area contributed by atoms with Gasteiger partial charge in [-0.3, -0.25) is 0 Å². The Kier molecular flexibility index (Phi) is 4.04. The molecule has 0 saturated carbocycles. The molecule has 15 heavy (non-hydrogen) atoms. The van der Waals surface area contributed by atoms with E-state index in [9.17, 15) is 4.79 Å². The second-order valence-corrected chi connectivity index (χ2v) is 6.38. The summed E-state index contributed by atoms with van der Waals surface area (Å²) in [5, 5.41) is 0. The van der Waals surface area contributed by atoms with E-state index in [2.05, 4.69) is 22.9 Å². The van der Waals surface area contributed by atoms with E-state index in [0.29, 0.717) is 10.7 Å². The van der Waals surface area contributed by atoms with E-state index < -0.39 is 5.60 Å². The molecule has 0 aromatic rings. The second-order valence-electron chi connectivity index (χ2n) is 5.21. The zero-order valence-corrected chi connectivity index (χ0v) is 11.5. The third kappa shape index (κ3) is 4.01. The van der Waals surface area contributed by atoms with E-state index in [0.717, 1.165) is 19.5 Å². The molecule has 1 heterocycles. The summed E-state index contributed by atoms with van der Waals surface area (Å²) in [6.45, 7) is 9.40. The number of rotatable bonds is 0. The molecule has 1 aliphatic heterocycles. The number of nitrogens with zero attached hydrogens (tertiary/aromatic N) is 1. The summed E-state index contributed by atoms with van der Waals surface area (Å²) in [5.41, 5.74) is -0.397. The number of carbonyl (C=O) groups is 1. The maximum Gasteiger partial charge on any atom is 0.410 e. The lowest BCUT2D eigenvalue weighted by molar-refractivity contribution is 0.0182. The average molecular weight is 278 g/mol. The first-order chi connectivity index (χ1) is 6.79. The molecular formula is C11H20BrNO2. The van der Waals surface area contributed by atoms with Gasteiger partial charge in [-0.05, 0) is 33.1 Å². The quantitative estimate of drug-likeness (QED) is 0.637. The highest BCUT2D eigenvalue weighted by Gasteiger charge is 2.29. The van der Waals surface area contributed by atoms with Gasteiger partial charge in [0.15, 0.2) is 0 Å². The van der Waals surface area contributed by atoms with Crippen LogP contribution in [-0.2, 0) is 4.74 Å². The van der Waals surface area contributed by atoms with E-state index in [4.69, 9.17) is 4.74 Å². The van der Waals surface area contributed by atoms with E-state index in [-0.39, 0.29) is 6.09 Å². The van der Waals surface area contributed by atoms with Crippen molar-refractivity contribution in [1.82, 2.24) is 4.90 Å². The Morgan fingerprint density at radius 2 is 2.07 bits per heavy atom. The Morgan fingerprint density at radius 3 is 2.53 bits per heavy atom. The summed E-state index contributed by atoms with van der Waals surface area (Å²) in [6.07, 6.45) is 0.814. The maximum atomic E-state index is 11.8. The van der Waals surface area contributed by atoms with Crippen LogP contribution in [0.2, 0.25) is 0 Å². The molecule has 0 aliphatic carbocycles. The molecule has 3 nitrogen and oxygen atoms in total. The summed E-state index contributed by atoms with van der Waals surface area (Å²) in [6, 6.07) is 0. The van der Waals surface area contributed by atoms with Crippen molar-refractivity contribution >= 4 is 22.0 Å². The number of likely N-dealkylation sites (tertiary alicyclic amines) is 1. The molecule has 0 aromatic carbocycles. The molecular weight excluding hydrogens is 258 g/mol. The molecule has 1 fully saturated rings. The van der Waals surface area contributed by atoms with Crippen LogP contribution in [0.4, 0.5) is 4.79 Å². The Balaban J connectivity index is 2.48. The van der Waals surface area contributed by atoms with Gasteiger partial charge in [-0.2, -0.15) is 0 Å². The number of alkyl halides is 1. The number of carbonyl (C=O) groups excluding carboxylic acids is 1. The number of hydrogen-bond donors (Lipinski definition) is 0. The summed E-state index contributed by atoms with van der Waals surface area (Å²) < 4.78 is 5.33. The highest BCUT2D eigenvalue weighted by atomic mass is 79.9. The van der Waals surface area contributed by atoms with Crippen LogP contribution in [0.3, 0.4) is 0 Å². The van der Waals surface area contributed by atoms with E-state index in [1.54, 1.807) is 4.90 Å². The monoisotopic (exact) mass is 277 g/mol. The van der Waals surface area contributed by atoms with Gasteiger partial charge in [0.05, 0.1) is 0 Å². The molecule has 1 amide bonds. The van der Waals surface area contributed by atoms with Gasteiger partial charge in [-0.15, -0.1) is 0 Å². The van der Waals surface area contributed by atoms with Gasteiger partial charge < -0.3 is 9.64 Å². The lowest BCUT2D eigenvalue weighted by Crippen LogP contribution is -2.45. The molecule has 0 N–H and O–H groups in total. The Hall–Kier alpha value is -0.250. The normalized spacial score (nSPS) is 27.7. The van der Waals surface area contributed by atoms with Crippen molar-refractivity contribution in [2.45, 2.75) is 44.5 Å². The first-order valence-electron chi connectivity index (χ1n) is 5.41. The summed E-state index contributed by atoms with van der Waals surface area (Å²) in [5.74, 6) is 0.492. The number of hydrogen-bond acceptors (Lipinski definition) is 2. The molecule has 0 spiro atoms. The lowest BCUT2D eigenvalue weighted by Gasteiger charge is -2.35. The molecule has 1 aliphatic rings. The van der Waals surface area contributed by atoms with Gasteiger partial charge in [-0.1, -0.05) is 22.9 Å². The van der Waals surface area contributed by atoms with Crippen molar-refractivity contribution in [3.63, 3.8) is 0 Å². The predicted molar refractivity (Wildman–Crippen MR) is 64.3 cm³/mol. The summed E-state index contributed by atoms with van der Waals surface area (Å²) in [7, 11) is 0. The smallest absolute Gasteiger partial charge is 0.410 e. The number of halogens is 1. The zero-order chi connectivity index (χ0) is 11.6. The van der Waals surface area contributed by atoms with Gasteiger partial charge in [0, 0.05) is 17.9 Å². The topological polar surface area (TPSA) is 29.5 Å². The standard InChI is InChI=1S/C11H20BrNO2/c1-8-7-13(6-5-9(8)12)10(14)15-11(2,3)4/h8-9H,5-7H2,1-4H3. The molecule has 1 saturated heterocycles. The SMILES string of the molecule is CC1CN(C(=O)OC(C)(C)C)CCC1Br. The van der Waals surface area contributed by atoms with Crippen molar-refractivity contribution < 1.29 is 9.53 Å². The molecule has 2 atom stereocenters. The third-order valence-corrected chi connectivity index (χ3v) is 3.81. The second kappa shape index (κ2) is 4.73. The number of amides is 1. The first-order valence-corrected chi connectivity index (χ1v) is 6.33. The van der Waals surface area contributed by atoms with Crippen LogP contribution >= 0.6 is 15.9 Å². The van der Waals surface area contributed by atoms with Crippen molar-refractivity contribution in [1.29, 1.82) is 0 Å². The van der Waals surface area contributed by atoms with Gasteiger partial charge in [-0.25, -0.2) is 4.79 Å². The minimum atomic E-state index is -0.397. The number of piperidine rings is 1. The maximum absolute atomic E-state index is 11.8. The molecule has 0 bridgehead atoms. The highest BCUT2D eigenvalue weighted by molar-refractivity contribution is 9.09. The molecule has 0 aromatic heterocycles. The minimum Gasteiger partial charge on any atom is -0.444 e. The van der Waals surface area contributed by atoms with Crippen molar-refractivity contribution in [3.8, 4) is 0 Å². The minimum absolute atomic E-state index is 0.186. The van der Waals surface area contributed by atoms with Crippen LogP contribution in [0.15, 0.2) is 0 Å². The third-order valence-electron chi connectivity index (χ3n) is 2.45. The largest absolute Gasteiger partial charge is 0.444 e. The van der Waals surface area contributed by atoms with Gasteiger partial charge in [0.1, 0.15) is 5.60 Å². The average Bonchev–Trinajstić information content (AvgIpc) is 2.06. The molecule has 2 unspecified atom stereocenters. The van der Waals surface area contributed by atoms with Crippen LogP contribution in [0, 0.1) is 5.92 Å². The fourth-order valence-electron chi connectivity index (χ4n) is 1.61. The van der Waals surface area contributed by atoms with Crippen molar-refractivity contribution in [2.24, 2.45) is 5.92 Å². The number of ether oxygens (including phenoxy) is 1. The predicted octanol–water partition coefficient (Wildman–Crippen LogP) is 3.03. The van der Waals surface area contributed by atoms with E-state index in [1.807, 2.05) is 20.8 Å².